The summed E-state index contributed by atoms with van der Waals surface area (Å²) in [5.74, 6) is 0.573. The SMILES string of the molecule is CC(C)c1cc(C(=O)N2CCc3c(sc4ncnc(N5CCOCC5)c34)C2)c(O)cc1O. The molecule has 1 aromatic carbocycles. The highest BCUT2D eigenvalue weighted by molar-refractivity contribution is 7.19. The number of rotatable bonds is 3. The molecule has 1 fully saturated rings. The number of hydrogen-bond acceptors (Lipinski definition) is 8. The maximum atomic E-state index is 13.3. The summed E-state index contributed by atoms with van der Waals surface area (Å²) in [5.41, 5.74) is 2.09. The lowest BCUT2D eigenvalue weighted by molar-refractivity contribution is 0.0734. The second-order valence-electron chi connectivity index (χ2n) is 8.54. The van der Waals surface area contributed by atoms with E-state index in [-0.39, 0.29) is 28.9 Å². The van der Waals surface area contributed by atoms with Crippen LogP contribution in [0.15, 0.2) is 18.5 Å². The minimum absolute atomic E-state index is 0.00806. The molecule has 0 radical (unpaired) electrons. The van der Waals surface area contributed by atoms with E-state index in [4.69, 9.17) is 4.74 Å². The highest BCUT2D eigenvalue weighted by Crippen LogP contribution is 2.39. The minimum Gasteiger partial charge on any atom is -0.508 e. The fraction of sp³-hybridized carbons (Fsp3) is 0.435. The van der Waals surface area contributed by atoms with E-state index in [0.29, 0.717) is 38.3 Å². The minimum atomic E-state index is -0.230. The van der Waals surface area contributed by atoms with E-state index in [0.717, 1.165) is 34.0 Å². The maximum Gasteiger partial charge on any atom is 0.257 e. The van der Waals surface area contributed by atoms with Crippen molar-refractivity contribution >= 4 is 33.3 Å². The molecule has 1 saturated heterocycles. The van der Waals surface area contributed by atoms with E-state index in [9.17, 15) is 15.0 Å². The molecule has 9 heteroatoms. The van der Waals surface area contributed by atoms with Gasteiger partial charge in [0, 0.05) is 30.6 Å². The molecule has 168 valence electrons. The van der Waals surface area contributed by atoms with Gasteiger partial charge in [0.1, 0.15) is 28.5 Å². The third kappa shape index (κ3) is 3.55. The summed E-state index contributed by atoms with van der Waals surface area (Å²) in [6.45, 7) is 7.89. The smallest absolute Gasteiger partial charge is 0.257 e. The molecule has 0 unspecified atom stereocenters. The number of carbonyl (C=O) groups excluding carboxylic acids is 1. The predicted molar refractivity (Wildman–Crippen MR) is 123 cm³/mol. The average molecular weight is 455 g/mol. The van der Waals surface area contributed by atoms with Gasteiger partial charge in [-0.15, -0.1) is 11.3 Å². The zero-order valence-corrected chi connectivity index (χ0v) is 19.0. The van der Waals surface area contributed by atoms with Gasteiger partial charge in [0.25, 0.3) is 5.91 Å². The van der Waals surface area contributed by atoms with Crippen molar-refractivity contribution in [2.75, 3.05) is 37.7 Å². The molecule has 0 saturated carbocycles. The molecule has 5 rings (SSSR count). The van der Waals surface area contributed by atoms with Gasteiger partial charge in [-0.2, -0.15) is 0 Å². The number of benzene rings is 1. The molecular weight excluding hydrogens is 428 g/mol. The van der Waals surface area contributed by atoms with Crippen molar-refractivity contribution in [2.45, 2.75) is 32.7 Å². The molecule has 0 aliphatic carbocycles. The topological polar surface area (TPSA) is 99.0 Å². The third-order valence-corrected chi connectivity index (χ3v) is 7.34. The lowest BCUT2D eigenvalue weighted by Crippen LogP contribution is -2.37. The highest BCUT2D eigenvalue weighted by Gasteiger charge is 2.30. The number of fused-ring (bicyclic) bond motifs is 3. The Kier molecular flexibility index (Phi) is 5.38. The number of amides is 1. The van der Waals surface area contributed by atoms with Crippen LogP contribution in [0.2, 0.25) is 0 Å². The standard InChI is InChI=1S/C23H26N4O4S/c1-13(2)15-9-16(18(29)10-17(15)28)23(30)27-4-3-14-19(11-27)32-22-20(14)21(24-12-25-22)26-5-7-31-8-6-26/h9-10,12-13,28-29H,3-8,11H2,1-2H3. The van der Waals surface area contributed by atoms with Crippen molar-refractivity contribution in [3.63, 3.8) is 0 Å². The molecule has 4 heterocycles. The van der Waals surface area contributed by atoms with E-state index >= 15 is 0 Å². The first kappa shape index (κ1) is 21.0. The summed E-state index contributed by atoms with van der Waals surface area (Å²) in [4.78, 5) is 28.4. The Morgan fingerprint density at radius 1 is 1.12 bits per heavy atom. The Labute approximate surface area is 190 Å². The summed E-state index contributed by atoms with van der Waals surface area (Å²) >= 11 is 1.60. The summed E-state index contributed by atoms with van der Waals surface area (Å²) in [6.07, 6.45) is 2.32. The summed E-state index contributed by atoms with van der Waals surface area (Å²) in [6, 6.07) is 2.88. The number of anilines is 1. The molecule has 1 amide bonds. The van der Waals surface area contributed by atoms with Gasteiger partial charge < -0.3 is 24.7 Å². The van der Waals surface area contributed by atoms with Crippen LogP contribution in [0.5, 0.6) is 11.5 Å². The monoisotopic (exact) mass is 454 g/mol. The second-order valence-corrected chi connectivity index (χ2v) is 9.62. The van der Waals surface area contributed by atoms with E-state index < -0.39 is 0 Å². The van der Waals surface area contributed by atoms with E-state index in [1.54, 1.807) is 28.6 Å². The fourth-order valence-corrected chi connectivity index (χ4v) is 5.69. The van der Waals surface area contributed by atoms with E-state index in [1.807, 2.05) is 13.8 Å². The van der Waals surface area contributed by atoms with Gasteiger partial charge in [-0.1, -0.05) is 13.8 Å². The van der Waals surface area contributed by atoms with Crippen LogP contribution >= 0.6 is 11.3 Å². The summed E-state index contributed by atoms with van der Waals surface area (Å²) in [5, 5.41) is 21.6. The first-order valence-electron chi connectivity index (χ1n) is 10.9. The van der Waals surface area contributed by atoms with Crippen LogP contribution < -0.4 is 4.90 Å². The van der Waals surface area contributed by atoms with Crippen LogP contribution in [-0.2, 0) is 17.7 Å². The molecule has 32 heavy (non-hydrogen) atoms. The summed E-state index contributed by atoms with van der Waals surface area (Å²) in [7, 11) is 0. The van der Waals surface area contributed by atoms with E-state index in [1.165, 1.54) is 11.6 Å². The number of aromatic hydroxyl groups is 2. The number of nitrogens with zero attached hydrogens (tertiary/aromatic N) is 4. The predicted octanol–water partition coefficient (Wildman–Crippen LogP) is 3.26. The Morgan fingerprint density at radius 3 is 2.66 bits per heavy atom. The van der Waals surface area contributed by atoms with Crippen LogP contribution in [0, 0.1) is 0 Å². The number of ether oxygens (including phenoxy) is 1. The summed E-state index contributed by atoms with van der Waals surface area (Å²) < 4.78 is 5.49. The van der Waals surface area contributed by atoms with Crippen molar-refractivity contribution < 1.29 is 19.7 Å². The van der Waals surface area contributed by atoms with Crippen LogP contribution in [-0.4, -0.2) is 63.8 Å². The molecule has 0 spiro atoms. The largest absolute Gasteiger partial charge is 0.508 e. The molecule has 0 bridgehead atoms. The molecule has 2 aliphatic heterocycles. The van der Waals surface area contributed by atoms with E-state index in [2.05, 4.69) is 14.9 Å². The molecule has 0 atom stereocenters. The van der Waals surface area contributed by atoms with Crippen LogP contribution in [0.4, 0.5) is 5.82 Å². The lowest BCUT2D eigenvalue weighted by atomic mass is 9.97. The number of aromatic nitrogens is 2. The molecule has 2 N–H and O–H groups in total. The maximum absolute atomic E-state index is 13.3. The van der Waals surface area contributed by atoms with Gasteiger partial charge in [0.15, 0.2) is 0 Å². The lowest BCUT2D eigenvalue weighted by Gasteiger charge is -2.30. The Hall–Kier alpha value is -2.91. The van der Waals surface area contributed by atoms with Crippen LogP contribution in [0.3, 0.4) is 0 Å². The number of carbonyl (C=O) groups is 1. The quantitative estimate of drug-likeness (QED) is 0.627. The van der Waals surface area contributed by atoms with Gasteiger partial charge in [0.2, 0.25) is 0 Å². The van der Waals surface area contributed by atoms with Crippen molar-refractivity contribution in [3.05, 3.63) is 40.0 Å². The number of phenolic OH excluding ortho intramolecular Hbond substituents is 2. The Balaban J connectivity index is 1.47. The molecule has 2 aromatic heterocycles. The molecular formula is C23H26N4O4S. The first-order chi connectivity index (χ1) is 15.4. The Morgan fingerprint density at radius 2 is 1.91 bits per heavy atom. The zero-order valence-electron chi connectivity index (χ0n) is 18.2. The van der Waals surface area contributed by atoms with Crippen molar-refractivity contribution in [2.24, 2.45) is 0 Å². The zero-order chi connectivity index (χ0) is 22.4. The fourth-order valence-electron chi connectivity index (χ4n) is 4.50. The highest BCUT2D eigenvalue weighted by atomic mass is 32.1. The Bertz CT molecular complexity index is 1190. The molecule has 2 aliphatic rings. The van der Waals surface area contributed by atoms with Crippen molar-refractivity contribution in [1.29, 1.82) is 0 Å². The number of morpholine rings is 1. The second kappa shape index (κ2) is 8.22. The van der Waals surface area contributed by atoms with Crippen LogP contribution in [0.25, 0.3) is 10.2 Å². The number of phenols is 2. The third-order valence-electron chi connectivity index (χ3n) is 6.21. The van der Waals surface area contributed by atoms with Gasteiger partial charge >= 0.3 is 0 Å². The van der Waals surface area contributed by atoms with Gasteiger partial charge in [0.05, 0.1) is 30.7 Å². The number of hydrogen-bond donors (Lipinski definition) is 2. The van der Waals surface area contributed by atoms with Crippen molar-refractivity contribution in [3.8, 4) is 11.5 Å². The number of thiophene rings is 1. The van der Waals surface area contributed by atoms with Gasteiger partial charge in [-0.3, -0.25) is 4.79 Å². The molecule has 3 aromatic rings. The normalized spacial score (nSPS) is 16.6. The van der Waals surface area contributed by atoms with Gasteiger partial charge in [-0.05, 0) is 29.5 Å². The van der Waals surface area contributed by atoms with Crippen molar-refractivity contribution in [1.82, 2.24) is 14.9 Å². The van der Waals surface area contributed by atoms with Crippen LogP contribution in [0.1, 0.15) is 46.1 Å². The van der Waals surface area contributed by atoms with Gasteiger partial charge in [-0.25, -0.2) is 9.97 Å². The molecule has 8 nitrogen and oxygen atoms in total. The first-order valence-corrected chi connectivity index (χ1v) is 11.7. The average Bonchev–Trinajstić information content (AvgIpc) is 3.17.